The molecule has 112 valence electrons. The minimum atomic E-state index is -0.423. The monoisotopic (exact) mass is 307 g/mol. The summed E-state index contributed by atoms with van der Waals surface area (Å²) in [6.45, 7) is 4.49. The highest BCUT2D eigenvalue weighted by molar-refractivity contribution is 6.32. The van der Waals surface area contributed by atoms with E-state index in [0.29, 0.717) is 29.0 Å². The van der Waals surface area contributed by atoms with Gasteiger partial charge in [0, 0.05) is 18.7 Å². The number of hydrogen-bond donors (Lipinski definition) is 2. The Bertz CT molecular complexity index is 685. The van der Waals surface area contributed by atoms with Gasteiger partial charge in [-0.3, -0.25) is 4.79 Å². The van der Waals surface area contributed by atoms with Crippen molar-refractivity contribution in [3.63, 3.8) is 0 Å². The van der Waals surface area contributed by atoms with Gasteiger partial charge in [-0.15, -0.1) is 0 Å². The normalized spacial score (nSPS) is 12.3. The third kappa shape index (κ3) is 3.62. The van der Waals surface area contributed by atoms with Gasteiger partial charge in [-0.2, -0.15) is 9.78 Å². The molecule has 2 aromatic rings. The van der Waals surface area contributed by atoms with Gasteiger partial charge in [-0.1, -0.05) is 30.7 Å². The van der Waals surface area contributed by atoms with Gasteiger partial charge in [0.2, 0.25) is 0 Å². The predicted octanol–water partition coefficient (Wildman–Crippen LogP) is 2.48. The van der Waals surface area contributed by atoms with Crippen LogP contribution in [-0.4, -0.2) is 20.9 Å². The molecular weight excluding hydrogens is 290 g/mol. The van der Waals surface area contributed by atoms with Crippen LogP contribution in [0, 0.1) is 0 Å². The van der Waals surface area contributed by atoms with Gasteiger partial charge in [0.25, 0.3) is 5.56 Å². The van der Waals surface area contributed by atoms with Crippen LogP contribution >= 0.6 is 11.6 Å². The van der Waals surface area contributed by atoms with E-state index in [0.717, 1.165) is 12.5 Å². The van der Waals surface area contributed by atoms with Gasteiger partial charge in [-0.05, 0) is 25.5 Å². The van der Waals surface area contributed by atoms with Gasteiger partial charge < -0.3 is 10.4 Å². The Kier molecular flexibility index (Phi) is 4.98. The molecule has 2 rings (SSSR count). The van der Waals surface area contributed by atoms with Crippen LogP contribution < -0.4 is 10.9 Å². The molecule has 0 saturated carbocycles. The van der Waals surface area contributed by atoms with Crippen molar-refractivity contribution < 1.29 is 5.11 Å². The number of aromatic nitrogens is 2. The van der Waals surface area contributed by atoms with E-state index in [1.54, 1.807) is 24.3 Å². The molecule has 0 aliphatic heterocycles. The van der Waals surface area contributed by atoms with Crippen LogP contribution in [0.3, 0.4) is 0 Å². The lowest BCUT2D eigenvalue weighted by Gasteiger charge is -2.13. The van der Waals surface area contributed by atoms with E-state index in [-0.39, 0.29) is 5.75 Å². The fourth-order valence-corrected chi connectivity index (χ4v) is 2.04. The number of halogens is 1. The zero-order valence-electron chi connectivity index (χ0n) is 12.0. The number of aromatic hydroxyl groups is 1. The quantitative estimate of drug-likeness (QED) is 0.890. The Morgan fingerprint density at radius 3 is 2.81 bits per heavy atom. The predicted molar refractivity (Wildman–Crippen MR) is 83.1 cm³/mol. The van der Waals surface area contributed by atoms with Crippen molar-refractivity contribution in [1.82, 2.24) is 15.1 Å². The van der Waals surface area contributed by atoms with Gasteiger partial charge in [0.15, 0.2) is 0 Å². The Morgan fingerprint density at radius 1 is 1.43 bits per heavy atom. The molecule has 0 amide bonds. The summed E-state index contributed by atoms with van der Waals surface area (Å²) in [5, 5.41) is 17.7. The minimum Gasteiger partial charge on any atom is -0.506 e. The van der Waals surface area contributed by atoms with Gasteiger partial charge in [-0.25, -0.2) is 0 Å². The molecule has 0 aliphatic rings. The summed E-state index contributed by atoms with van der Waals surface area (Å²) in [5.41, 5.74) is 0.483. The van der Waals surface area contributed by atoms with Crippen LogP contribution in [0.1, 0.15) is 26.0 Å². The summed E-state index contributed by atoms with van der Waals surface area (Å²) in [4.78, 5) is 12.0. The van der Waals surface area contributed by atoms with E-state index in [1.807, 2.05) is 6.92 Å². The smallest absolute Gasteiger partial charge is 0.275 e. The lowest BCUT2D eigenvalue weighted by molar-refractivity contribution is 0.443. The molecule has 1 unspecified atom stereocenters. The Labute approximate surface area is 128 Å². The van der Waals surface area contributed by atoms with Crippen LogP contribution in [0.15, 0.2) is 35.1 Å². The fraction of sp³-hybridized carbons (Fsp3) is 0.333. The average Bonchev–Trinajstić information content (AvgIpc) is 2.47. The maximum atomic E-state index is 12.0. The Balaban J connectivity index is 2.39. The number of nitrogens with zero attached hydrogens (tertiary/aromatic N) is 2. The van der Waals surface area contributed by atoms with E-state index in [2.05, 4.69) is 17.3 Å². The van der Waals surface area contributed by atoms with Crippen molar-refractivity contribution >= 4 is 11.6 Å². The largest absolute Gasteiger partial charge is 0.506 e. The molecule has 0 saturated heterocycles. The molecule has 0 aliphatic carbocycles. The molecule has 6 heteroatoms. The second-order valence-corrected chi connectivity index (χ2v) is 5.28. The first-order chi connectivity index (χ1) is 10.0. The Hall–Kier alpha value is -1.85. The van der Waals surface area contributed by atoms with Crippen molar-refractivity contribution in [1.29, 1.82) is 0 Å². The molecule has 0 spiro atoms. The third-order valence-electron chi connectivity index (χ3n) is 3.30. The maximum absolute atomic E-state index is 12.0. The molecule has 1 aromatic heterocycles. The second-order valence-electron chi connectivity index (χ2n) is 4.87. The maximum Gasteiger partial charge on any atom is 0.275 e. The summed E-state index contributed by atoms with van der Waals surface area (Å²) in [5.74, 6) is -0.112. The Morgan fingerprint density at radius 2 is 2.14 bits per heavy atom. The van der Waals surface area contributed by atoms with Gasteiger partial charge >= 0.3 is 0 Å². The van der Waals surface area contributed by atoms with Crippen molar-refractivity contribution in [3.8, 4) is 11.4 Å². The SMILES string of the molecule is CCC(C)NCc1nn(-c2ccccc2Cl)c(=O)cc1O. The van der Waals surface area contributed by atoms with Crippen molar-refractivity contribution in [2.24, 2.45) is 0 Å². The molecule has 0 radical (unpaired) electrons. The molecule has 0 bridgehead atoms. The minimum absolute atomic E-state index is 0.112. The van der Waals surface area contributed by atoms with Gasteiger partial charge in [0.1, 0.15) is 11.4 Å². The lowest BCUT2D eigenvalue weighted by atomic mass is 10.2. The molecule has 21 heavy (non-hydrogen) atoms. The first kappa shape index (κ1) is 15.5. The number of nitrogens with one attached hydrogen (secondary N) is 1. The summed E-state index contributed by atoms with van der Waals surface area (Å²) in [6.07, 6.45) is 0.963. The number of rotatable bonds is 5. The first-order valence-corrected chi connectivity index (χ1v) is 7.21. The molecule has 5 nitrogen and oxygen atoms in total. The van der Waals surface area contributed by atoms with Crippen LogP contribution in [0.25, 0.3) is 5.69 Å². The van der Waals surface area contributed by atoms with Crippen LogP contribution in [0.5, 0.6) is 5.75 Å². The zero-order chi connectivity index (χ0) is 15.4. The fourth-order valence-electron chi connectivity index (χ4n) is 1.82. The second kappa shape index (κ2) is 6.74. The van der Waals surface area contributed by atoms with Crippen molar-refractivity contribution in [2.45, 2.75) is 32.9 Å². The highest BCUT2D eigenvalue weighted by atomic mass is 35.5. The molecule has 0 fully saturated rings. The standard InChI is InChI=1S/C15H18ClN3O2/c1-3-10(2)17-9-12-14(20)8-15(21)19(18-12)13-7-5-4-6-11(13)16/h4-8,10,17,20H,3,9H2,1-2H3. The van der Waals surface area contributed by atoms with E-state index >= 15 is 0 Å². The van der Waals surface area contributed by atoms with E-state index in [1.165, 1.54) is 4.68 Å². The molecule has 1 atom stereocenters. The summed E-state index contributed by atoms with van der Waals surface area (Å²) < 4.78 is 1.20. The average molecular weight is 308 g/mol. The number of hydrogen-bond acceptors (Lipinski definition) is 4. The summed E-state index contributed by atoms with van der Waals surface area (Å²) in [7, 11) is 0. The van der Waals surface area contributed by atoms with Crippen molar-refractivity contribution in [2.75, 3.05) is 0 Å². The molecule has 2 N–H and O–H groups in total. The highest BCUT2D eigenvalue weighted by Crippen LogP contribution is 2.19. The van der Waals surface area contributed by atoms with E-state index < -0.39 is 5.56 Å². The van der Waals surface area contributed by atoms with Gasteiger partial charge in [0.05, 0.1) is 10.7 Å². The summed E-state index contributed by atoms with van der Waals surface area (Å²) >= 11 is 6.09. The van der Waals surface area contributed by atoms with E-state index in [9.17, 15) is 9.90 Å². The number of para-hydroxylation sites is 1. The lowest BCUT2D eigenvalue weighted by Crippen LogP contribution is -2.28. The zero-order valence-corrected chi connectivity index (χ0v) is 12.8. The van der Waals surface area contributed by atoms with E-state index in [4.69, 9.17) is 11.6 Å². The highest BCUT2D eigenvalue weighted by Gasteiger charge is 2.12. The molecule has 1 heterocycles. The molecule has 1 aromatic carbocycles. The summed E-state index contributed by atoms with van der Waals surface area (Å²) in [6, 6.07) is 8.41. The van der Waals surface area contributed by atoms with Crippen LogP contribution in [-0.2, 0) is 6.54 Å². The first-order valence-electron chi connectivity index (χ1n) is 6.83. The topological polar surface area (TPSA) is 67.2 Å². The van der Waals surface area contributed by atoms with Crippen molar-refractivity contribution in [3.05, 3.63) is 51.4 Å². The third-order valence-corrected chi connectivity index (χ3v) is 3.62. The van der Waals surface area contributed by atoms with Crippen LogP contribution in [0.2, 0.25) is 5.02 Å². The molecular formula is C15H18ClN3O2. The van der Waals surface area contributed by atoms with Crippen LogP contribution in [0.4, 0.5) is 0 Å². The number of benzene rings is 1.